The fourth-order valence-corrected chi connectivity index (χ4v) is 1.64. The van der Waals surface area contributed by atoms with Crippen LogP contribution in [0.4, 0.5) is 5.69 Å². The minimum absolute atomic E-state index is 0.735. The van der Waals surface area contributed by atoms with Crippen molar-refractivity contribution < 1.29 is 0 Å². The highest BCUT2D eigenvalue weighted by Gasteiger charge is 2.08. The number of hydrogen-bond acceptors (Lipinski definition) is 3. The Labute approximate surface area is 95.1 Å². The fraction of sp³-hybridized carbons (Fsp3) is 0.333. The van der Waals surface area contributed by atoms with E-state index in [1.807, 2.05) is 30.1 Å². The molecule has 84 valence electrons. The molecule has 0 aliphatic carbocycles. The van der Waals surface area contributed by atoms with Crippen molar-refractivity contribution in [3.05, 3.63) is 30.2 Å². The lowest BCUT2D eigenvalue weighted by Crippen LogP contribution is -1.97. The number of pyridine rings is 1. The molecule has 0 aromatic carbocycles. The number of anilines is 1. The van der Waals surface area contributed by atoms with E-state index in [9.17, 15) is 0 Å². The van der Waals surface area contributed by atoms with Crippen LogP contribution in [-0.2, 0) is 6.54 Å². The van der Waals surface area contributed by atoms with Gasteiger partial charge in [0.05, 0.1) is 17.6 Å². The first-order valence-corrected chi connectivity index (χ1v) is 5.46. The smallest absolute Gasteiger partial charge is 0.0965 e. The zero-order chi connectivity index (χ0) is 11.5. The number of aromatic nitrogens is 3. The van der Waals surface area contributed by atoms with Gasteiger partial charge in [0, 0.05) is 24.5 Å². The van der Waals surface area contributed by atoms with Gasteiger partial charge in [-0.2, -0.15) is 5.10 Å². The number of nitrogens with zero attached hydrogens (tertiary/aromatic N) is 3. The van der Waals surface area contributed by atoms with Crippen molar-refractivity contribution in [3.63, 3.8) is 0 Å². The van der Waals surface area contributed by atoms with E-state index in [1.54, 1.807) is 6.20 Å². The number of nitrogens with two attached hydrogens (primary N) is 1. The van der Waals surface area contributed by atoms with E-state index in [0.717, 1.165) is 35.5 Å². The highest BCUT2D eigenvalue weighted by molar-refractivity contribution is 5.73. The second kappa shape index (κ2) is 4.35. The van der Waals surface area contributed by atoms with Gasteiger partial charge in [-0.15, -0.1) is 0 Å². The van der Waals surface area contributed by atoms with Crippen LogP contribution in [0.3, 0.4) is 0 Å². The molecule has 2 rings (SSSR count). The molecule has 0 spiro atoms. The molecular formula is C12H16N4. The van der Waals surface area contributed by atoms with Crippen LogP contribution in [0, 0.1) is 6.92 Å². The largest absolute Gasteiger partial charge is 0.397 e. The maximum absolute atomic E-state index is 6.00. The molecule has 0 unspecified atom stereocenters. The van der Waals surface area contributed by atoms with Crippen molar-refractivity contribution in [1.29, 1.82) is 0 Å². The van der Waals surface area contributed by atoms with E-state index in [4.69, 9.17) is 5.73 Å². The van der Waals surface area contributed by atoms with Crippen molar-refractivity contribution in [3.8, 4) is 11.3 Å². The van der Waals surface area contributed by atoms with E-state index in [0.29, 0.717) is 0 Å². The first-order valence-electron chi connectivity index (χ1n) is 5.46. The highest BCUT2D eigenvalue weighted by atomic mass is 15.3. The molecule has 0 saturated carbocycles. The van der Waals surface area contributed by atoms with Crippen LogP contribution in [-0.4, -0.2) is 14.8 Å². The Morgan fingerprint density at radius 2 is 2.25 bits per heavy atom. The van der Waals surface area contributed by atoms with E-state index in [-0.39, 0.29) is 0 Å². The Balaban J connectivity index is 2.39. The molecule has 0 atom stereocenters. The van der Waals surface area contributed by atoms with Crippen LogP contribution in [0.15, 0.2) is 24.7 Å². The van der Waals surface area contributed by atoms with Gasteiger partial charge in [-0.05, 0) is 25.0 Å². The molecule has 2 aromatic heterocycles. The van der Waals surface area contributed by atoms with Crippen molar-refractivity contribution in [2.75, 3.05) is 5.73 Å². The van der Waals surface area contributed by atoms with Crippen LogP contribution >= 0.6 is 0 Å². The fourth-order valence-electron chi connectivity index (χ4n) is 1.64. The Morgan fingerprint density at radius 1 is 1.44 bits per heavy atom. The topological polar surface area (TPSA) is 56.7 Å². The van der Waals surface area contributed by atoms with Crippen LogP contribution in [0.1, 0.15) is 18.9 Å². The summed E-state index contributed by atoms with van der Waals surface area (Å²) in [5.74, 6) is 0. The second-order valence-corrected chi connectivity index (χ2v) is 3.88. The molecular weight excluding hydrogens is 200 g/mol. The number of nitrogen functional groups attached to an aromatic ring is 1. The highest BCUT2D eigenvalue weighted by Crippen LogP contribution is 2.25. The van der Waals surface area contributed by atoms with Crippen LogP contribution in [0.5, 0.6) is 0 Å². The summed E-state index contributed by atoms with van der Waals surface area (Å²) in [7, 11) is 0. The molecule has 0 fully saturated rings. The van der Waals surface area contributed by atoms with Crippen LogP contribution in [0.25, 0.3) is 11.3 Å². The van der Waals surface area contributed by atoms with Crippen molar-refractivity contribution in [1.82, 2.24) is 14.8 Å². The zero-order valence-corrected chi connectivity index (χ0v) is 9.64. The Morgan fingerprint density at radius 3 is 3.00 bits per heavy atom. The quantitative estimate of drug-likeness (QED) is 0.856. The SMILES string of the molecule is CCCn1cc(-c2nccc(C)c2N)cn1. The van der Waals surface area contributed by atoms with Gasteiger partial charge in [0.25, 0.3) is 0 Å². The number of aryl methyl sites for hydroxylation is 2. The van der Waals surface area contributed by atoms with Crippen molar-refractivity contribution >= 4 is 5.69 Å². The molecule has 0 amide bonds. The molecule has 0 radical (unpaired) electrons. The summed E-state index contributed by atoms with van der Waals surface area (Å²) in [6, 6.07) is 1.91. The first-order chi connectivity index (χ1) is 7.72. The van der Waals surface area contributed by atoms with Gasteiger partial charge in [0.2, 0.25) is 0 Å². The summed E-state index contributed by atoms with van der Waals surface area (Å²) in [6.45, 7) is 5.03. The molecule has 4 heteroatoms. The molecule has 2 heterocycles. The molecule has 0 bridgehead atoms. The summed E-state index contributed by atoms with van der Waals surface area (Å²) in [6.07, 6.45) is 6.64. The van der Waals surface area contributed by atoms with E-state index >= 15 is 0 Å². The van der Waals surface area contributed by atoms with Crippen molar-refractivity contribution in [2.45, 2.75) is 26.8 Å². The third-order valence-electron chi connectivity index (χ3n) is 2.57. The Kier molecular flexibility index (Phi) is 2.90. The van der Waals surface area contributed by atoms with E-state index in [2.05, 4.69) is 17.0 Å². The number of hydrogen-bond donors (Lipinski definition) is 1. The minimum Gasteiger partial charge on any atom is -0.397 e. The summed E-state index contributed by atoms with van der Waals surface area (Å²) < 4.78 is 1.92. The van der Waals surface area contributed by atoms with Gasteiger partial charge in [-0.25, -0.2) is 0 Å². The normalized spacial score (nSPS) is 10.6. The Hall–Kier alpha value is -1.84. The van der Waals surface area contributed by atoms with Crippen LogP contribution in [0.2, 0.25) is 0 Å². The van der Waals surface area contributed by atoms with Gasteiger partial charge in [0.1, 0.15) is 0 Å². The molecule has 0 aliphatic rings. The monoisotopic (exact) mass is 216 g/mol. The third-order valence-corrected chi connectivity index (χ3v) is 2.57. The summed E-state index contributed by atoms with van der Waals surface area (Å²) in [5, 5.41) is 4.27. The van der Waals surface area contributed by atoms with Gasteiger partial charge in [-0.1, -0.05) is 6.92 Å². The lowest BCUT2D eigenvalue weighted by Gasteiger charge is -2.04. The van der Waals surface area contributed by atoms with E-state index in [1.165, 1.54) is 0 Å². The molecule has 0 aliphatic heterocycles. The number of rotatable bonds is 3. The van der Waals surface area contributed by atoms with Crippen molar-refractivity contribution in [2.24, 2.45) is 0 Å². The molecule has 16 heavy (non-hydrogen) atoms. The average molecular weight is 216 g/mol. The first kappa shape index (κ1) is 10.7. The van der Waals surface area contributed by atoms with Crippen LogP contribution < -0.4 is 5.73 Å². The van der Waals surface area contributed by atoms with Gasteiger partial charge in [-0.3, -0.25) is 9.67 Å². The van der Waals surface area contributed by atoms with Gasteiger partial charge in [0.15, 0.2) is 0 Å². The lowest BCUT2D eigenvalue weighted by molar-refractivity contribution is 0.603. The average Bonchev–Trinajstić information content (AvgIpc) is 2.71. The maximum Gasteiger partial charge on any atom is 0.0965 e. The standard InChI is InChI=1S/C12H16N4/c1-3-6-16-8-10(7-15-16)12-11(13)9(2)4-5-14-12/h4-5,7-8H,3,6,13H2,1-2H3. The summed E-state index contributed by atoms with van der Waals surface area (Å²) >= 11 is 0. The zero-order valence-electron chi connectivity index (χ0n) is 9.64. The predicted molar refractivity (Wildman–Crippen MR) is 64.9 cm³/mol. The summed E-state index contributed by atoms with van der Waals surface area (Å²) in [5.41, 5.74) is 9.59. The molecule has 4 nitrogen and oxygen atoms in total. The molecule has 2 aromatic rings. The minimum atomic E-state index is 0.735. The Bertz CT molecular complexity index is 488. The molecule has 2 N–H and O–H groups in total. The predicted octanol–water partition coefficient (Wildman–Crippen LogP) is 2.25. The summed E-state index contributed by atoms with van der Waals surface area (Å²) in [4.78, 5) is 4.30. The van der Waals surface area contributed by atoms with Gasteiger partial charge < -0.3 is 5.73 Å². The lowest BCUT2D eigenvalue weighted by atomic mass is 10.1. The van der Waals surface area contributed by atoms with E-state index < -0.39 is 0 Å². The molecule has 0 saturated heterocycles. The maximum atomic E-state index is 6.00. The second-order valence-electron chi connectivity index (χ2n) is 3.88. The third kappa shape index (κ3) is 1.91. The van der Waals surface area contributed by atoms with Gasteiger partial charge >= 0.3 is 0 Å².